The van der Waals surface area contributed by atoms with Crippen LogP contribution < -0.4 is 5.32 Å². The number of furan rings is 1. The van der Waals surface area contributed by atoms with Crippen molar-refractivity contribution < 1.29 is 4.42 Å². The van der Waals surface area contributed by atoms with Gasteiger partial charge in [-0.25, -0.2) is 9.97 Å². The Hall–Kier alpha value is -3.16. The lowest BCUT2D eigenvalue weighted by molar-refractivity contribution is 0.577. The molecule has 0 amide bonds. The zero-order valence-electron chi connectivity index (χ0n) is 12.0. The maximum Gasteiger partial charge on any atom is 0.198 e. The molecule has 4 aromatic rings. The van der Waals surface area contributed by atoms with Crippen molar-refractivity contribution >= 4 is 22.5 Å². The fourth-order valence-corrected chi connectivity index (χ4v) is 2.30. The SMILES string of the molecule is Cc1nn(C)cc1Nc1nc(-c2ccco2)nc2cn[nH]c12. The monoisotopic (exact) mass is 295 g/mol. The molecule has 0 aliphatic heterocycles. The summed E-state index contributed by atoms with van der Waals surface area (Å²) in [6.45, 7) is 1.93. The van der Waals surface area contributed by atoms with Crippen LogP contribution in [0.15, 0.2) is 35.2 Å². The molecule has 0 unspecified atom stereocenters. The number of aromatic nitrogens is 6. The van der Waals surface area contributed by atoms with Gasteiger partial charge in [0, 0.05) is 13.2 Å². The molecule has 8 nitrogen and oxygen atoms in total. The molecule has 8 heteroatoms. The van der Waals surface area contributed by atoms with E-state index in [1.807, 2.05) is 26.2 Å². The molecule has 0 spiro atoms. The fraction of sp³-hybridized carbons (Fsp3) is 0.143. The minimum atomic E-state index is 0.503. The summed E-state index contributed by atoms with van der Waals surface area (Å²) in [4.78, 5) is 8.99. The third-order valence-corrected chi connectivity index (χ3v) is 3.31. The first kappa shape index (κ1) is 12.6. The average molecular weight is 295 g/mol. The second-order valence-corrected chi connectivity index (χ2v) is 4.93. The highest BCUT2D eigenvalue weighted by molar-refractivity contribution is 5.88. The van der Waals surface area contributed by atoms with Crippen molar-refractivity contribution in [2.24, 2.45) is 7.05 Å². The number of rotatable bonds is 3. The lowest BCUT2D eigenvalue weighted by Gasteiger charge is -2.06. The van der Waals surface area contributed by atoms with E-state index in [0.717, 1.165) is 16.9 Å². The van der Waals surface area contributed by atoms with Crippen LogP contribution in [0, 0.1) is 6.92 Å². The molecule has 0 saturated heterocycles. The molecule has 4 aromatic heterocycles. The molecule has 2 N–H and O–H groups in total. The fourth-order valence-electron chi connectivity index (χ4n) is 2.30. The Morgan fingerprint density at radius 2 is 2.23 bits per heavy atom. The first-order valence-corrected chi connectivity index (χ1v) is 6.73. The largest absolute Gasteiger partial charge is 0.461 e. The van der Waals surface area contributed by atoms with Gasteiger partial charge in [-0.1, -0.05) is 0 Å². The lowest BCUT2D eigenvalue weighted by atomic mass is 10.3. The molecule has 0 radical (unpaired) electrons. The van der Waals surface area contributed by atoms with Crippen LogP contribution in [0.4, 0.5) is 11.5 Å². The Bertz CT molecular complexity index is 936. The molecule has 110 valence electrons. The topological polar surface area (TPSA) is 97.5 Å². The molecule has 4 rings (SSSR count). The van der Waals surface area contributed by atoms with E-state index in [9.17, 15) is 0 Å². The molecule has 0 aliphatic rings. The maximum atomic E-state index is 5.38. The summed E-state index contributed by atoms with van der Waals surface area (Å²) in [5.41, 5.74) is 3.21. The number of hydrogen-bond donors (Lipinski definition) is 2. The van der Waals surface area contributed by atoms with Gasteiger partial charge in [-0.15, -0.1) is 0 Å². The van der Waals surface area contributed by atoms with E-state index in [1.165, 1.54) is 0 Å². The first-order chi connectivity index (χ1) is 10.7. The number of aromatic amines is 1. The molecule has 0 saturated carbocycles. The van der Waals surface area contributed by atoms with Crippen LogP contribution in [-0.2, 0) is 7.05 Å². The normalized spacial score (nSPS) is 11.2. The van der Waals surface area contributed by atoms with Crippen LogP contribution in [-0.4, -0.2) is 29.9 Å². The highest BCUT2D eigenvalue weighted by atomic mass is 16.3. The third-order valence-electron chi connectivity index (χ3n) is 3.31. The molecular weight excluding hydrogens is 282 g/mol. The van der Waals surface area contributed by atoms with E-state index in [4.69, 9.17) is 4.42 Å². The third kappa shape index (κ3) is 2.01. The van der Waals surface area contributed by atoms with E-state index >= 15 is 0 Å². The average Bonchev–Trinajstić information content (AvgIpc) is 3.21. The Labute approximate surface area is 125 Å². The van der Waals surface area contributed by atoms with Gasteiger partial charge in [0.05, 0.1) is 23.8 Å². The van der Waals surface area contributed by atoms with Gasteiger partial charge in [0.1, 0.15) is 11.0 Å². The van der Waals surface area contributed by atoms with Gasteiger partial charge in [-0.05, 0) is 19.1 Å². The van der Waals surface area contributed by atoms with E-state index in [1.54, 1.807) is 23.2 Å². The molecule has 0 aliphatic carbocycles. The summed E-state index contributed by atoms with van der Waals surface area (Å²) < 4.78 is 7.12. The smallest absolute Gasteiger partial charge is 0.198 e. The van der Waals surface area contributed by atoms with Gasteiger partial charge in [-0.3, -0.25) is 9.78 Å². The quantitative estimate of drug-likeness (QED) is 0.602. The molecule has 0 aromatic carbocycles. The van der Waals surface area contributed by atoms with E-state index in [-0.39, 0.29) is 0 Å². The molecular formula is C14H13N7O. The summed E-state index contributed by atoms with van der Waals surface area (Å²) in [5, 5.41) is 14.5. The van der Waals surface area contributed by atoms with Gasteiger partial charge in [0.25, 0.3) is 0 Å². The van der Waals surface area contributed by atoms with Crippen LogP contribution in [0.1, 0.15) is 5.69 Å². The van der Waals surface area contributed by atoms with Crippen molar-refractivity contribution in [3.63, 3.8) is 0 Å². The maximum absolute atomic E-state index is 5.38. The van der Waals surface area contributed by atoms with Crippen molar-refractivity contribution in [1.82, 2.24) is 29.9 Å². The van der Waals surface area contributed by atoms with Gasteiger partial charge in [0.15, 0.2) is 17.4 Å². The number of nitrogens with one attached hydrogen (secondary N) is 2. The molecule has 0 fully saturated rings. The van der Waals surface area contributed by atoms with E-state index in [2.05, 4.69) is 30.6 Å². The summed E-state index contributed by atoms with van der Waals surface area (Å²) in [6, 6.07) is 3.62. The number of hydrogen-bond acceptors (Lipinski definition) is 6. The minimum absolute atomic E-state index is 0.503. The van der Waals surface area contributed by atoms with Crippen molar-refractivity contribution in [2.75, 3.05) is 5.32 Å². The van der Waals surface area contributed by atoms with Crippen LogP contribution >= 0.6 is 0 Å². The molecule has 22 heavy (non-hydrogen) atoms. The van der Waals surface area contributed by atoms with Crippen LogP contribution in [0.3, 0.4) is 0 Å². The number of nitrogens with zero attached hydrogens (tertiary/aromatic N) is 5. The molecule has 0 bridgehead atoms. The minimum Gasteiger partial charge on any atom is -0.461 e. The van der Waals surface area contributed by atoms with Gasteiger partial charge in [-0.2, -0.15) is 10.2 Å². The molecule has 0 atom stereocenters. The number of aryl methyl sites for hydroxylation is 2. The molecule has 4 heterocycles. The van der Waals surface area contributed by atoms with Gasteiger partial charge >= 0.3 is 0 Å². The number of H-pyrrole nitrogens is 1. The van der Waals surface area contributed by atoms with Crippen molar-refractivity contribution in [3.05, 3.63) is 36.5 Å². The predicted octanol–water partition coefficient (Wildman–Crippen LogP) is 2.40. The summed E-state index contributed by atoms with van der Waals surface area (Å²) in [5.74, 6) is 1.74. The Balaban J connectivity index is 1.85. The standard InChI is InChI=1S/C14H13N7O/c1-8-10(7-21(2)20-8)17-14-12-9(6-15-19-12)16-13(18-14)11-4-3-5-22-11/h3-7H,1-2H3,(H,15,19)(H,16,17,18). The predicted molar refractivity (Wildman–Crippen MR) is 80.6 cm³/mol. The Morgan fingerprint density at radius 3 is 2.95 bits per heavy atom. The van der Waals surface area contributed by atoms with Crippen LogP contribution in [0.5, 0.6) is 0 Å². The highest BCUT2D eigenvalue weighted by Gasteiger charge is 2.14. The zero-order chi connectivity index (χ0) is 15.1. The van der Waals surface area contributed by atoms with Crippen molar-refractivity contribution in [2.45, 2.75) is 6.92 Å². The van der Waals surface area contributed by atoms with Crippen LogP contribution in [0.25, 0.3) is 22.6 Å². The van der Waals surface area contributed by atoms with Crippen molar-refractivity contribution in [1.29, 1.82) is 0 Å². The first-order valence-electron chi connectivity index (χ1n) is 6.73. The second-order valence-electron chi connectivity index (χ2n) is 4.93. The van der Waals surface area contributed by atoms with E-state index in [0.29, 0.717) is 22.9 Å². The van der Waals surface area contributed by atoms with Gasteiger partial charge in [0.2, 0.25) is 0 Å². The Kier molecular flexibility index (Phi) is 2.68. The number of anilines is 2. The summed E-state index contributed by atoms with van der Waals surface area (Å²) >= 11 is 0. The Morgan fingerprint density at radius 1 is 1.32 bits per heavy atom. The van der Waals surface area contributed by atoms with Crippen molar-refractivity contribution in [3.8, 4) is 11.6 Å². The number of fused-ring (bicyclic) bond motifs is 1. The summed E-state index contributed by atoms with van der Waals surface area (Å²) in [7, 11) is 1.87. The highest BCUT2D eigenvalue weighted by Crippen LogP contribution is 2.26. The summed E-state index contributed by atoms with van der Waals surface area (Å²) in [6.07, 6.45) is 5.15. The van der Waals surface area contributed by atoms with Gasteiger partial charge < -0.3 is 9.73 Å². The van der Waals surface area contributed by atoms with Crippen LogP contribution in [0.2, 0.25) is 0 Å². The lowest BCUT2D eigenvalue weighted by Crippen LogP contribution is -1.99. The zero-order valence-corrected chi connectivity index (χ0v) is 12.0. The van der Waals surface area contributed by atoms with E-state index < -0.39 is 0 Å². The second kappa shape index (κ2) is 4.69.